The van der Waals surface area contributed by atoms with Crippen LogP contribution in [0.3, 0.4) is 0 Å². The van der Waals surface area contributed by atoms with Crippen molar-refractivity contribution in [3.05, 3.63) is 60.2 Å². The van der Waals surface area contributed by atoms with E-state index in [4.69, 9.17) is 4.74 Å². The summed E-state index contributed by atoms with van der Waals surface area (Å²) >= 11 is 1.41. The van der Waals surface area contributed by atoms with Gasteiger partial charge in [0.05, 0.1) is 19.4 Å². The molecular formula is C21H25N5O4S2. The number of H-pyrrole nitrogens is 1. The van der Waals surface area contributed by atoms with Crippen molar-refractivity contribution in [3.8, 4) is 17.1 Å². The van der Waals surface area contributed by atoms with E-state index in [0.29, 0.717) is 34.6 Å². The van der Waals surface area contributed by atoms with Crippen molar-refractivity contribution >= 4 is 27.7 Å². The van der Waals surface area contributed by atoms with Crippen molar-refractivity contribution in [1.82, 2.24) is 25.2 Å². The standard InChI is InChI=1S/C21H25N5O4S2/c1-30-17-10-8-15(9-11-17)18(26-32(2,28)29)14-19(27)22-12-13-31-21-23-20(24-25-21)16-6-4-3-5-7-16/h3-11,18,26H,12-14H2,1-2H3,(H,22,27)(H,23,24,25)/t18-/m1/s1. The van der Waals surface area contributed by atoms with E-state index in [1.807, 2.05) is 30.3 Å². The molecule has 1 atom stereocenters. The number of aromatic nitrogens is 3. The number of carbonyl (C=O) groups excluding carboxylic acids is 1. The van der Waals surface area contributed by atoms with Crippen LogP contribution in [0, 0.1) is 0 Å². The van der Waals surface area contributed by atoms with Crippen LogP contribution < -0.4 is 14.8 Å². The molecule has 11 heteroatoms. The fourth-order valence-corrected chi connectivity index (χ4v) is 4.34. The third-order valence-electron chi connectivity index (χ3n) is 4.43. The summed E-state index contributed by atoms with van der Waals surface area (Å²) in [5, 5.41) is 10.5. The van der Waals surface area contributed by atoms with E-state index < -0.39 is 16.1 Å². The van der Waals surface area contributed by atoms with Gasteiger partial charge in [0.2, 0.25) is 21.1 Å². The van der Waals surface area contributed by atoms with Gasteiger partial charge in [0.15, 0.2) is 5.82 Å². The third kappa shape index (κ3) is 7.36. The zero-order valence-electron chi connectivity index (χ0n) is 17.7. The molecule has 3 N–H and O–H groups in total. The van der Waals surface area contributed by atoms with Gasteiger partial charge in [-0.1, -0.05) is 54.2 Å². The van der Waals surface area contributed by atoms with Crippen LogP contribution in [0.15, 0.2) is 59.8 Å². The molecule has 0 saturated carbocycles. The SMILES string of the molecule is COc1ccc([C@@H](CC(=O)NCCSc2n[nH]c(-c3ccccc3)n2)NS(C)(=O)=O)cc1. The van der Waals surface area contributed by atoms with Crippen LogP contribution in [0.4, 0.5) is 0 Å². The smallest absolute Gasteiger partial charge is 0.221 e. The highest BCUT2D eigenvalue weighted by Gasteiger charge is 2.20. The molecule has 9 nitrogen and oxygen atoms in total. The quantitative estimate of drug-likeness (QED) is 0.287. The summed E-state index contributed by atoms with van der Waals surface area (Å²) in [5.41, 5.74) is 1.62. The normalized spacial score (nSPS) is 12.3. The molecule has 3 rings (SSSR count). The van der Waals surface area contributed by atoms with E-state index in [9.17, 15) is 13.2 Å². The van der Waals surface area contributed by atoms with Gasteiger partial charge in [-0.05, 0) is 17.7 Å². The summed E-state index contributed by atoms with van der Waals surface area (Å²) in [6.07, 6.45) is 1.04. The van der Waals surface area contributed by atoms with Crippen molar-refractivity contribution in [1.29, 1.82) is 0 Å². The summed E-state index contributed by atoms with van der Waals surface area (Å²) in [5.74, 6) is 1.65. The molecule has 0 bridgehead atoms. The fourth-order valence-electron chi connectivity index (χ4n) is 2.95. The van der Waals surface area contributed by atoms with E-state index in [1.165, 1.54) is 11.8 Å². The highest BCUT2D eigenvalue weighted by atomic mass is 32.2. The lowest BCUT2D eigenvalue weighted by Crippen LogP contribution is -2.34. The summed E-state index contributed by atoms with van der Waals surface area (Å²) in [6, 6.07) is 15.9. The molecule has 0 unspecified atom stereocenters. The number of carbonyl (C=O) groups is 1. The van der Waals surface area contributed by atoms with Gasteiger partial charge in [0, 0.05) is 24.3 Å². The molecule has 32 heavy (non-hydrogen) atoms. The van der Waals surface area contributed by atoms with Gasteiger partial charge in [0.25, 0.3) is 0 Å². The molecule has 0 aliphatic rings. The van der Waals surface area contributed by atoms with E-state index in [2.05, 4.69) is 25.2 Å². The number of nitrogens with zero attached hydrogens (tertiary/aromatic N) is 2. The summed E-state index contributed by atoms with van der Waals surface area (Å²) in [7, 11) is -1.95. The molecule has 0 saturated heterocycles. The Labute approximate surface area is 191 Å². The van der Waals surface area contributed by atoms with E-state index in [-0.39, 0.29) is 12.3 Å². The van der Waals surface area contributed by atoms with Crippen LogP contribution >= 0.6 is 11.8 Å². The average molecular weight is 476 g/mol. The zero-order chi connectivity index (χ0) is 23.0. The minimum Gasteiger partial charge on any atom is -0.497 e. The Morgan fingerprint density at radius 2 is 1.88 bits per heavy atom. The van der Waals surface area contributed by atoms with Crippen LogP contribution in [0.25, 0.3) is 11.4 Å². The lowest BCUT2D eigenvalue weighted by Gasteiger charge is -2.18. The Morgan fingerprint density at radius 1 is 1.16 bits per heavy atom. The first-order valence-electron chi connectivity index (χ1n) is 9.82. The monoisotopic (exact) mass is 475 g/mol. The van der Waals surface area contributed by atoms with Crippen LogP contribution in [-0.2, 0) is 14.8 Å². The fraction of sp³-hybridized carbons (Fsp3) is 0.286. The van der Waals surface area contributed by atoms with Gasteiger partial charge >= 0.3 is 0 Å². The van der Waals surface area contributed by atoms with Gasteiger partial charge in [-0.25, -0.2) is 18.1 Å². The van der Waals surface area contributed by atoms with Gasteiger partial charge in [-0.15, -0.1) is 5.10 Å². The molecule has 1 amide bonds. The van der Waals surface area contributed by atoms with Crippen molar-refractivity contribution in [2.45, 2.75) is 17.6 Å². The maximum absolute atomic E-state index is 12.4. The van der Waals surface area contributed by atoms with Crippen LogP contribution in [0.2, 0.25) is 0 Å². The Hall–Kier alpha value is -2.89. The van der Waals surface area contributed by atoms with Crippen LogP contribution in [0.5, 0.6) is 5.75 Å². The predicted octanol–water partition coefficient (Wildman–Crippen LogP) is 2.37. The number of benzene rings is 2. The lowest BCUT2D eigenvalue weighted by molar-refractivity contribution is -0.121. The summed E-state index contributed by atoms with van der Waals surface area (Å²) in [6.45, 7) is 0.396. The highest BCUT2D eigenvalue weighted by molar-refractivity contribution is 7.99. The molecular weight excluding hydrogens is 450 g/mol. The Balaban J connectivity index is 1.50. The number of hydrogen-bond acceptors (Lipinski definition) is 7. The van der Waals surface area contributed by atoms with Crippen LogP contribution in [0.1, 0.15) is 18.0 Å². The topological polar surface area (TPSA) is 126 Å². The number of aromatic amines is 1. The number of amides is 1. The number of methoxy groups -OCH3 is 1. The van der Waals surface area contributed by atoms with E-state index in [1.54, 1.807) is 31.4 Å². The molecule has 0 aliphatic carbocycles. The molecule has 1 heterocycles. The lowest BCUT2D eigenvalue weighted by atomic mass is 10.0. The molecule has 0 spiro atoms. The number of sulfonamides is 1. The number of nitrogens with one attached hydrogen (secondary N) is 3. The second kappa shape index (κ2) is 11.1. The molecule has 3 aromatic rings. The number of hydrogen-bond donors (Lipinski definition) is 3. The van der Waals surface area contributed by atoms with Gasteiger partial charge in [-0.2, -0.15) is 0 Å². The van der Waals surface area contributed by atoms with Gasteiger partial charge < -0.3 is 10.1 Å². The molecule has 2 aromatic carbocycles. The summed E-state index contributed by atoms with van der Waals surface area (Å²) < 4.78 is 31.2. The van der Waals surface area contributed by atoms with Crippen molar-refractivity contribution in [2.75, 3.05) is 25.7 Å². The Morgan fingerprint density at radius 3 is 2.53 bits per heavy atom. The average Bonchev–Trinajstić information content (AvgIpc) is 3.25. The van der Waals surface area contributed by atoms with Crippen molar-refractivity contribution < 1.29 is 17.9 Å². The number of thioether (sulfide) groups is 1. The maximum atomic E-state index is 12.4. The second-order valence-electron chi connectivity index (χ2n) is 6.95. The molecule has 170 valence electrons. The van der Waals surface area contributed by atoms with Crippen molar-refractivity contribution in [3.63, 3.8) is 0 Å². The molecule has 0 aliphatic heterocycles. The first-order valence-corrected chi connectivity index (χ1v) is 12.7. The molecule has 0 radical (unpaired) electrons. The molecule has 0 fully saturated rings. The zero-order valence-corrected chi connectivity index (χ0v) is 19.4. The van der Waals surface area contributed by atoms with E-state index in [0.717, 1.165) is 11.8 Å². The minimum absolute atomic E-state index is 0.0249. The minimum atomic E-state index is -3.50. The number of rotatable bonds is 11. The highest BCUT2D eigenvalue weighted by Crippen LogP contribution is 2.21. The third-order valence-corrected chi connectivity index (χ3v) is 5.99. The maximum Gasteiger partial charge on any atom is 0.221 e. The van der Waals surface area contributed by atoms with Gasteiger partial charge in [0.1, 0.15) is 5.75 Å². The number of ether oxygens (including phenoxy) is 1. The van der Waals surface area contributed by atoms with Gasteiger partial charge in [-0.3, -0.25) is 9.89 Å². The summed E-state index contributed by atoms with van der Waals surface area (Å²) in [4.78, 5) is 16.9. The Kier molecular flexibility index (Phi) is 8.26. The predicted molar refractivity (Wildman–Crippen MR) is 124 cm³/mol. The Bertz CT molecular complexity index is 1120. The molecule has 1 aromatic heterocycles. The first kappa shape index (κ1) is 23.8. The largest absolute Gasteiger partial charge is 0.497 e. The van der Waals surface area contributed by atoms with Crippen LogP contribution in [-0.4, -0.2) is 55.2 Å². The van der Waals surface area contributed by atoms with E-state index >= 15 is 0 Å². The second-order valence-corrected chi connectivity index (χ2v) is 9.79. The van der Waals surface area contributed by atoms with Crippen molar-refractivity contribution in [2.24, 2.45) is 0 Å². The first-order chi connectivity index (χ1) is 15.3.